The van der Waals surface area contributed by atoms with Crippen molar-refractivity contribution in [2.75, 3.05) is 37.7 Å². The van der Waals surface area contributed by atoms with Crippen molar-refractivity contribution >= 4 is 9.84 Å². The van der Waals surface area contributed by atoms with Crippen LogP contribution >= 0.6 is 0 Å². The number of rotatable bonds is 4. The summed E-state index contributed by atoms with van der Waals surface area (Å²) >= 11 is 0. The first kappa shape index (κ1) is 13.9. The summed E-state index contributed by atoms with van der Waals surface area (Å²) in [5.41, 5.74) is 5.90. The molecule has 0 spiro atoms. The monoisotopic (exact) mass is 248 g/mol. The number of nitrogens with zero attached hydrogens (tertiary/aromatic N) is 1. The van der Waals surface area contributed by atoms with Crippen molar-refractivity contribution in [1.82, 2.24) is 4.90 Å². The predicted octanol–water partition coefficient (Wildman–Crippen LogP) is 0.482. The summed E-state index contributed by atoms with van der Waals surface area (Å²) in [5, 5.41) is 0. The van der Waals surface area contributed by atoms with Gasteiger partial charge in [-0.15, -0.1) is 0 Å². The largest absolute Gasteiger partial charge is 0.330 e. The van der Waals surface area contributed by atoms with Gasteiger partial charge in [-0.05, 0) is 31.3 Å². The van der Waals surface area contributed by atoms with Gasteiger partial charge in [0.15, 0.2) is 9.84 Å². The fraction of sp³-hybridized carbons (Fsp3) is 1.00. The van der Waals surface area contributed by atoms with Gasteiger partial charge in [0.1, 0.15) is 0 Å². The van der Waals surface area contributed by atoms with Crippen LogP contribution in [0.2, 0.25) is 0 Å². The van der Waals surface area contributed by atoms with Gasteiger partial charge in [-0.1, -0.05) is 13.8 Å². The summed E-state index contributed by atoms with van der Waals surface area (Å²) in [5.74, 6) is 0.645. The van der Waals surface area contributed by atoms with Gasteiger partial charge < -0.3 is 10.6 Å². The first-order valence-electron chi connectivity index (χ1n) is 6.04. The van der Waals surface area contributed by atoms with Crippen LogP contribution in [-0.4, -0.2) is 51.0 Å². The molecular formula is C11H24N2O2S. The second-order valence-electron chi connectivity index (χ2n) is 5.15. The molecule has 0 saturated carbocycles. The molecule has 0 bridgehead atoms. The molecular weight excluding hydrogens is 224 g/mol. The third-order valence-electron chi connectivity index (χ3n) is 3.60. The molecule has 0 amide bonds. The van der Waals surface area contributed by atoms with Crippen molar-refractivity contribution in [1.29, 1.82) is 0 Å². The van der Waals surface area contributed by atoms with Crippen LogP contribution < -0.4 is 5.73 Å². The Balaban J connectivity index is 2.56. The third kappa shape index (κ3) is 4.03. The van der Waals surface area contributed by atoms with Crippen LogP contribution in [0.1, 0.15) is 26.7 Å². The van der Waals surface area contributed by atoms with Crippen molar-refractivity contribution in [2.24, 2.45) is 11.1 Å². The SMILES string of the molecule is CCC(C)(CN)CN1CCCS(=O)(=O)CC1. The highest BCUT2D eigenvalue weighted by Crippen LogP contribution is 2.21. The van der Waals surface area contributed by atoms with Gasteiger partial charge in [0.25, 0.3) is 0 Å². The lowest BCUT2D eigenvalue weighted by Gasteiger charge is -2.33. The van der Waals surface area contributed by atoms with E-state index >= 15 is 0 Å². The Bertz CT molecular complexity index is 310. The summed E-state index contributed by atoms with van der Waals surface area (Å²) < 4.78 is 22.9. The minimum atomic E-state index is -2.79. The van der Waals surface area contributed by atoms with Gasteiger partial charge in [0, 0.05) is 13.1 Å². The lowest BCUT2D eigenvalue weighted by Crippen LogP contribution is -2.41. The van der Waals surface area contributed by atoms with Crippen LogP contribution in [-0.2, 0) is 9.84 Å². The Labute approximate surface area is 99.1 Å². The van der Waals surface area contributed by atoms with E-state index in [0.717, 1.165) is 25.9 Å². The lowest BCUT2D eigenvalue weighted by atomic mass is 9.87. The molecule has 1 unspecified atom stereocenters. The van der Waals surface area contributed by atoms with E-state index in [2.05, 4.69) is 18.7 Å². The molecule has 0 radical (unpaired) electrons. The number of hydrogen-bond donors (Lipinski definition) is 1. The minimum Gasteiger partial charge on any atom is -0.330 e. The van der Waals surface area contributed by atoms with Gasteiger partial charge in [0.05, 0.1) is 11.5 Å². The fourth-order valence-electron chi connectivity index (χ4n) is 2.01. The van der Waals surface area contributed by atoms with Crippen molar-refractivity contribution in [3.63, 3.8) is 0 Å². The Kier molecular flexibility index (Phi) is 4.76. The molecule has 1 aliphatic heterocycles. The maximum Gasteiger partial charge on any atom is 0.151 e. The van der Waals surface area contributed by atoms with Crippen molar-refractivity contribution < 1.29 is 8.42 Å². The Morgan fingerprint density at radius 3 is 2.56 bits per heavy atom. The summed E-state index contributed by atoms with van der Waals surface area (Å²) in [4.78, 5) is 2.25. The zero-order valence-electron chi connectivity index (χ0n) is 10.4. The molecule has 1 fully saturated rings. The van der Waals surface area contributed by atoms with E-state index in [1.54, 1.807) is 0 Å². The second-order valence-corrected chi connectivity index (χ2v) is 7.45. The summed E-state index contributed by atoms with van der Waals surface area (Å²) in [7, 11) is -2.79. The molecule has 4 nitrogen and oxygen atoms in total. The van der Waals surface area contributed by atoms with Gasteiger partial charge in [-0.2, -0.15) is 0 Å². The molecule has 0 aromatic carbocycles. The predicted molar refractivity (Wildman–Crippen MR) is 67.2 cm³/mol. The van der Waals surface area contributed by atoms with Gasteiger partial charge in [-0.25, -0.2) is 8.42 Å². The van der Waals surface area contributed by atoms with E-state index in [1.807, 2.05) is 0 Å². The van der Waals surface area contributed by atoms with Crippen molar-refractivity contribution in [3.05, 3.63) is 0 Å². The Hall–Kier alpha value is -0.130. The molecule has 1 heterocycles. The zero-order valence-corrected chi connectivity index (χ0v) is 11.2. The fourth-order valence-corrected chi connectivity index (χ4v) is 3.32. The molecule has 2 N–H and O–H groups in total. The highest BCUT2D eigenvalue weighted by atomic mass is 32.2. The lowest BCUT2D eigenvalue weighted by molar-refractivity contribution is 0.173. The molecule has 16 heavy (non-hydrogen) atoms. The quantitative estimate of drug-likeness (QED) is 0.786. The van der Waals surface area contributed by atoms with Crippen LogP contribution in [0.25, 0.3) is 0 Å². The number of hydrogen-bond acceptors (Lipinski definition) is 4. The van der Waals surface area contributed by atoms with Gasteiger partial charge in [-0.3, -0.25) is 0 Å². The molecule has 0 aromatic rings. The van der Waals surface area contributed by atoms with Gasteiger partial charge >= 0.3 is 0 Å². The molecule has 1 saturated heterocycles. The highest BCUT2D eigenvalue weighted by molar-refractivity contribution is 7.91. The topological polar surface area (TPSA) is 63.4 Å². The number of nitrogens with two attached hydrogens (primary N) is 1. The van der Waals surface area contributed by atoms with Crippen LogP contribution in [0.5, 0.6) is 0 Å². The van der Waals surface area contributed by atoms with Crippen LogP contribution in [0.4, 0.5) is 0 Å². The molecule has 1 aliphatic rings. The minimum absolute atomic E-state index is 0.119. The molecule has 0 aliphatic carbocycles. The van der Waals surface area contributed by atoms with Crippen LogP contribution in [0.3, 0.4) is 0 Å². The first-order chi connectivity index (χ1) is 7.41. The molecule has 1 rings (SSSR count). The van der Waals surface area contributed by atoms with Gasteiger partial charge in [0.2, 0.25) is 0 Å². The van der Waals surface area contributed by atoms with Crippen LogP contribution in [0.15, 0.2) is 0 Å². The average molecular weight is 248 g/mol. The molecule has 0 aromatic heterocycles. The summed E-state index contributed by atoms with van der Waals surface area (Å²) in [6, 6.07) is 0. The van der Waals surface area contributed by atoms with Crippen molar-refractivity contribution in [2.45, 2.75) is 26.7 Å². The second kappa shape index (κ2) is 5.47. The van der Waals surface area contributed by atoms with E-state index < -0.39 is 9.84 Å². The van der Waals surface area contributed by atoms with E-state index in [1.165, 1.54) is 0 Å². The van der Waals surface area contributed by atoms with E-state index in [9.17, 15) is 8.42 Å². The molecule has 5 heteroatoms. The smallest absolute Gasteiger partial charge is 0.151 e. The van der Waals surface area contributed by atoms with E-state index in [-0.39, 0.29) is 5.41 Å². The summed E-state index contributed by atoms with van der Waals surface area (Å²) in [6.07, 6.45) is 1.79. The Morgan fingerprint density at radius 1 is 1.31 bits per heavy atom. The zero-order chi connectivity index (χ0) is 12.2. The van der Waals surface area contributed by atoms with Crippen LogP contribution in [0, 0.1) is 5.41 Å². The first-order valence-corrected chi connectivity index (χ1v) is 7.86. The normalized spacial score (nSPS) is 25.9. The maximum atomic E-state index is 11.5. The number of sulfone groups is 1. The molecule has 96 valence electrons. The Morgan fingerprint density at radius 2 is 2.00 bits per heavy atom. The van der Waals surface area contributed by atoms with E-state index in [0.29, 0.717) is 24.6 Å². The molecule has 1 atom stereocenters. The summed E-state index contributed by atoms with van der Waals surface area (Å²) in [6.45, 7) is 7.43. The average Bonchev–Trinajstić information content (AvgIpc) is 2.40. The maximum absolute atomic E-state index is 11.5. The highest BCUT2D eigenvalue weighted by Gasteiger charge is 2.26. The van der Waals surface area contributed by atoms with E-state index in [4.69, 9.17) is 5.73 Å². The van der Waals surface area contributed by atoms with Crippen molar-refractivity contribution in [3.8, 4) is 0 Å². The standard InChI is InChI=1S/C11H24N2O2S/c1-3-11(2,9-12)10-13-5-4-7-16(14,15)8-6-13/h3-10,12H2,1-2H3. The third-order valence-corrected chi connectivity index (χ3v) is 5.32.